The molecule has 0 N–H and O–H groups in total. The Morgan fingerprint density at radius 1 is 0.392 bits per heavy atom. The van der Waals surface area contributed by atoms with Crippen molar-refractivity contribution in [1.82, 2.24) is 15.0 Å². The fraction of sp³-hybridized carbons (Fsp3) is 0.0217. The molecule has 0 atom stereocenters. The molecule has 0 radical (unpaired) electrons. The first-order chi connectivity index (χ1) is 25.3. The summed E-state index contributed by atoms with van der Waals surface area (Å²) in [7, 11) is 0. The molecular formula is C46H29N3O2. The van der Waals surface area contributed by atoms with E-state index in [0.29, 0.717) is 24.1 Å². The second kappa shape index (κ2) is 11.9. The Kier molecular flexibility index (Phi) is 6.81. The van der Waals surface area contributed by atoms with Gasteiger partial charge in [-0.15, -0.1) is 0 Å². The van der Waals surface area contributed by atoms with Gasteiger partial charge in [0.2, 0.25) is 0 Å². The van der Waals surface area contributed by atoms with Crippen LogP contribution in [0.2, 0.25) is 0 Å². The van der Waals surface area contributed by atoms with Gasteiger partial charge in [-0.05, 0) is 51.6 Å². The van der Waals surface area contributed by atoms with Crippen LogP contribution in [-0.2, 0) is 6.61 Å². The lowest BCUT2D eigenvalue weighted by molar-refractivity contribution is 0.302. The molecular weight excluding hydrogens is 627 g/mol. The highest BCUT2D eigenvalue weighted by molar-refractivity contribution is 6.11. The summed E-state index contributed by atoms with van der Waals surface area (Å²) in [5.74, 6) is 2.70. The third-order valence-electron chi connectivity index (χ3n) is 9.68. The number of fused-ring (bicyclic) bond motifs is 6. The number of nitrogens with zero attached hydrogens (tertiary/aromatic N) is 3. The Morgan fingerprint density at radius 3 is 1.76 bits per heavy atom. The lowest BCUT2D eigenvalue weighted by Crippen LogP contribution is -2.06. The molecule has 0 amide bonds. The van der Waals surface area contributed by atoms with Gasteiger partial charge in [-0.25, -0.2) is 15.0 Å². The van der Waals surface area contributed by atoms with E-state index in [1.165, 1.54) is 11.1 Å². The lowest BCUT2D eigenvalue weighted by atomic mass is 9.89. The Hall–Kier alpha value is -6.85. The molecule has 240 valence electrons. The van der Waals surface area contributed by atoms with Gasteiger partial charge in [0.1, 0.15) is 23.5 Å². The maximum absolute atomic E-state index is 6.24. The van der Waals surface area contributed by atoms with Gasteiger partial charge in [-0.1, -0.05) is 146 Å². The number of hydrogen-bond donors (Lipinski definition) is 0. The van der Waals surface area contributed by atoms with Gasteiger partial charge in [0.05, 0.1) is 0 Å². The van der Waals surface area contributed by atoms with Crippen LogP contribution in [0.1, 0.15) is 5.56 Å². The van der Waals surface area contributed by atoms with Crippen LogP contribution in [0.15, 0.2) is 168 Å². The van der Waals surface area contributed by atoms with Gasteiger partial charge >= 0.3 is 0 Å². The van der Waals surface area contributed by atoms with E-state index in [-0.39, 0.29) is 0 Å². The van der Waals surface area contributed by atoms with Crippen LogP contribution in [0, 0.1) is 0 Å². The molecule has 1 aliphatic rings. The van der Waals surface area contributed by atoms with Crippen LogP contribution in [-0.4, -0.2) is 15.0 Å². The summed E-state index contributed by atoms with van der Waals surface area (Å²) in [4.78, 5) is 15.3. The maximum atomic E-state index is 6.24. The molecule has 0 unspecified atom stereocenters. The maximum Gasteiger partial charge on any atom is 0.164 e. The highest BCUT2D eigenvalue weighted by atomic mass is 16.5. The summed E-state index contributed by atoms with van der Waals surface area (Å²) in [5, 5.41) is 2.02. The quantitative estimate of drug-likeness (QED) is 0.185. The summed E-state index contributed by atoms with van der Waals surface area (Å²) in [6.07, 6.45) is 0. The molecule has 3 heterocycles. The summed E-state index contributed by atoms with van der Waals surface area (Å²) in [6.45, 7) is 0.576. The van der Waals surface area contributed by atoms with Crippen LogP contribution in [0.5, 0.6) is 5.75 Å². The Labute approximate surface area is 294 Å². The number of rotatable bonds is 5. The minimum Gasteiger partial charge on any atom is -0.488 e. The molecule has 0 fully saturated rings. The molecule has 0 aliphatic carbocycles. The molecule has 1 aliphatic heterocycles. The van der Waals surface area contributed by atoms with Crippen molar-refractivity contribution in [3.63, 3.8) is 0 Å². The van der Waals surface area contributed by atoms with E-state index in [1.807, 2.05) is 42.5 Å². The Balaban J connectivity index is 1.11. The molecule has 0 saturated heterocycles. The van der Waals surface area contributed by atoms with Crippen molar-refractivity contribution in [2.75, 3.05) is 0 Å². The topological polar surface area (TPSA) is 61.0 Å². The minimum atomic E-state index is 0.576. The molecule has 51 heavy (non-hydrogen) atoms. The third-order valence-corrected chi connectivity index (χ3v) is 9.68. The fourth-order valence-corrected chi connectivity index (χ4v) is 7.17. The first-order valence-corrected chi connectivity index (χ1v) is 17.0. The Morgan fingerprint density at radius 2 is 0.961 bits per heavy atom. The second-order valence-electron chi connectivity index (χ2n) is 12.7. The van der Waals surface area contributed by atoms with Crippen LogP contribution in [0.25, 0.3) is 89.5 Å². The van der Waals surface area contributed by atoms with Gasteiger partial charge in [0, 0.05) is 33.0 Å². The van der Waals surface area contributed by atoms with Gasteiger partial charge in [0.15, 0.2) is 17.5 Å². The van der Waals surface area contributed by atoms with Crippen LogP contribution in [0.3, 0.4) is 0 Å². The molecule has 0 spiro atoms. The van der Waals surface area contributed by atoms with Crippen molar-refractivity contribution >= 4 is 21.9 Å². The summed E-state index contributed by atoms with van der Waals surface area (Å²) in [6, 6.07) is 56.1. The number of benzene rings is 7. The monoisotopic (exact) mass is 655 g/mol. The smallest absolute Gasteiger partial charge is 0.164 e. The van der Waals surface area contributed by atoms with E-state index in [2.05, 4.69) is 121 Å². The zero-order chi connectivity index (χ0) is 33.7. The highest BCUT2D eigenvalue weighted by Crippen LogP contribution is 2.44. The predicted molar refractivity (Wildman–Crippen MR) is 204 cm³/mol. The molecule has 0 saturated carbocycles. The molecule has 10 rings (SSSR count). The van der Waals surface area contributed by atoms with Crippen LogP contribution >= 0.6 is 0 Å². The van der Waals surface area contributed by atoms with Crippen molar-refractivity contribution in [3.05, 3.63) is 169 Å². The van der Waals surface area contributed by atoms with Crippen molar-refractivity contribution in [2.24, 2.45) is 0 Å². The van der Waals surface area contributed by atoms with Crippen LogP contribution < -0.4 is 4.74 Å². The van der Waals surface area contributed by atoms with Gasteiger partial charge < -0.3 is 9.15 Å². The minimum absolute atomic E-state index is 0.576. The van der Waals surface area contributed by atoms with Gasteiger partial charge in [-0.2, -0.15) is 0 Å². The fourth-order valence-electron chi connectivity index (χ4n) is 7.17. The zero-order valence-electron chi connectivity index (χ0n) is 27.5. The van der Waals surface area contributed by atoms with E-state index in [4.69, 9.17) is 24.1 Å². The average molecular weight is 656 g/mol. The molecule has 5 nitrogen and oxygen atoms in total. The number of aromatic nitrogens is 3. The second-order valence-corrected chi connectivity index (χ2v) is 12.7. The third kappa shape index (κ3) is 5.06. The highest BCUT2D eigenvalue weighted by Gasteiger charge is 2.22. The SMILES string of the molecule is c1ccc(-c2ccc(-c3nc(-c4ccc(-c5cccc6c5-c5ccccc5CO6)cc4)nc(-c4cccc5oc6ccccc6c45)n3)cc2)cc1. The first-order valence-electron chi connectivity index (χ1n) is 17.0. The summed E-state index contributed by atoms with van der Waals surface area (Å²) >= 11 is 0. The van der Waals surface area contributed by atoms with Gasteiger partial charge in [0.25, 0.3) is 0 Å². The molecule has 9 aromatic rings. The predicted octanol–water partition coefficient (Wildman–Crippen LogP) is 11.7. The van der Waals surface area contributed by atoms with Crippen molar-refractivity contribution in [2.45, 2.75) is 6.61 Å². The number of para-hydroxylation sites is 1. The standard InChI is InChI=1S/C46H29N3O2/c1-2-10-29(11-3-1)30-20-24-32(25-21-30)44-47-45(49-46(48-44)38-16-9-19-41-43(38)37-14-6-7-17-39(37)51-41)33-26-22-31(23-27-33)35-15-8-18-40-42(35)36-13-5-4-12-34(36)28-50-40/h1-27H,28H2. The molecule has 7 aromatic carbocycles. The van der Waals surface area contributed by atoms with E-state index >= 15 is 0 Å². The van der Waals surface area contributed by atoms with Crippen molar-refractivity contribution in [3.8, 4) is 73.3 Å². The van der Waals surface area contributed by atoms with E-state index in [1.54, 1.807) is 0 Å². The number of hydrogen-bond acceptors (Lipinski definition) is 5. The largest absolute Gasteiger partial charge is 0.488 e. The van der Waals surface area contributed by atoms with Crippen molar-refractivity contribution < 1.29 is 9.15 Å². The van der Waals surface area contributed by atoms with E-state index in [0.717, 1.165) is 72.2 Å². The normalized spacial score (nSPS) is 12.0. The first kappa shape index (κ1) is 29.1. The molecule has 2 aromatic heterocycles. The van der Waals surface area contributed by atoms with E-state index in [9.17, 15) is 0 Å². The van der Waals surface area contributed by atoms with Crippen molar-refractivity contribution in [1.29, 1.82) is 0 Å². The average Bonchev–Trinajstić information content (AvgIpc) is 3.60. The summed E-state index contributed by atoms with van der Waals surface area (Å²) < 4.78 is 12.4. The summed E-state index contributed by atoms with van der Waals surface area (Å²) in [5.41, 5.74) is 12.4. The van der Waals surface area contributed by atoms with Crippen LogP contribution in [0.4, 0.5) is 0 Å². The lowest BCUT2D eigenvalue weighted by Gasteiger charge is -2.23. The molecule has 0 bridgehead atoms. The number of ether oxygens (including phenoxy) is 1. The number of furan rings is 1. The Bertz CT molecular complexity index is 2730. The van der Waals surface area contributed by atoms with Gasteiger partial charge in [-0.3, -0.25) is 0 Å². The van der Waals surface area contributed by atoms with E-state index < -0.39 is 0 Å². The zero-order valence-corrected chi connectivity index (χ0v) is 27.5. The molecule has 5 heteroatoms.